The smallest absolute Gasteiger partial charge is 0.314 e. The van der Waals surface area contributed by atoms with Crippen LogP contribution in [0.15, 0.2) is 0 Å². The van der Waals surface area contributed by atoms with E-state index in [9.17, 15) is 13.2 Å². The molecule has 0 spiro atoms. The molecular formula is C12H21F3N2. The molecule has 100 valence electrons. The first-order valence-electron chi connectivity index (χ1n) is 6.48. The van der Waals surface area contributed by atoms with Crippen LogP contribution in [0.5, 0.6) is 0 Å². The van der Waals surface area contributed by atoms with Gasteiger partial charge in [-0.15, -0.1) is 0 Å². The van der Waals surface area contributed by atoms with Gasteiger partial charge in [-0.1, -0.05) is 6.42 Å². The van der Waals surface area contributed by atoms with E-state index in [0.717, 1.165) is 12.8 Å². The van der Waals surface area contributed by atoms with Crippen LogP contribution in [0.1, 0.15) is 38.5 Å². The minimum Gasteiger partial charge on any atom is -0.314 e. The molecule has 2 unspecified atom stereocenters. The molecule has 17 heavy (non-hydrogen) atoms. The fraction of sp³-hybridized carbons (Fsp3) is 1.00. The van der Waals surface area contributed by atoms with Crippen molar-refractivity contribution < 1.29 is 13.2 Å². The standard InChI is InChI=1S/C12H21F3N2/c1-17-10-3-2-4-11(17)8-9(7-10)16-6-5-12(13,14)15/h9-11,16H,2-8H2,1H3. The van der Waals surface area contributed by atoms with Crippen LogP contribution in [0.25, 0.3) is 0 Å². The predicted octanol–water partition coefficient (Wildman–Crippen LogP) is 2.54. The minimum atomic E-state index is -4.03. The highest BCUT2D eigenvalue weighted by Gasteiger charge is 2.36. The monoisotopic (exact) mass is 250 g/mol. The Morgan fingerprint density at radius 1 is 1.18 bits per heavy atom. The Labute approximate surface area is 101 Å². The molecule has 2 heterocycles. The van der Waals surface area contributed by atoms with Crippen LogP contribution in [0.3, 0.4) is 0 Å². The highest BCUT2D eigenvalue weighted by Crippen LogP contribution is 2.32. The second-order valence-electron chi connectivity index (χ2n) is 5.39. The van der Waals surface area contributed by atoms with Gasteiger partial charge in [0, 0.05) is 24.7 Å². The lowest BCUT2D eigenvalue weighted by atomic mass is 9.82. The van der Waals surface area contributed by atoms with Crippen LogP contribution >= 0.6 is 0 Å². The van der Waals surface area contributed by atoms with E-state index in [0.29, 0.717) is 12.1 Å². The fourth-order valence-electron chi connectivity index (χ4n) is 3.20. The lowest BCUT2D eigenvalue weighted by Gasteiger charge is -2.47. The van der Waals surface area contributed by atoms with Gasteiger partial charge in [-0.05, 0) is 32.7 Å². The molecule has 2 fully saturated rings. The number of rotatable bonds is 3. The number of halogens is 3. The second-order valence-corrected chi connectivity index (χ2v) is 5.39. The predicted molar refractivity (Wildman–Crippen MR) is 60.9 cm³/mol. The van der Waals surface area contributed by atoms with Crippen LogP contribution in [0.2, 0.25) is 0 Å². The number of hydrogen-bond donors (Lipinski definition) is 1. The van der Waals surface area contributed by atoms with Gasteiger partial charge in [0.25, 0.3) is 0 Å². The molecule has 1 N–H and O–H groups in total. The molecule has 2 atom stereocenters. The van der Waals surface area contributed by atoms with Gasteiger partial charge in [0.15, 0.2) is 0 Å². The van der Waals surface area contributed by atoms with Gasteiger partial charge in [0.2, 0.25) is 0 Å². The van der Waals surface area contributed by atoms with E-state index < -0.39 is 12.6 Å². The number of fused-ring (bicyclic) bond motifs is 2. The lowest BCUT2D eigenvalue weighted by molar-refractivity contribution is -0.133. The van der Waals surface area contributed by atoms with Crippen LogP contribution in [0.4, 0.5) is 13.2 Å². The average Bonchev–Trinajstić information content (AvgIpc) is 2.17. The quantitative estimate of drug-likeness (QED) is 0.828. The molecule has 0 amide bonds. The zero-order chi connectivity index (χ0) is 12.5. The number of alkyl halides is 3. The van der Waals surface area contributed by atoms with Crippen molar-refractivity contribution in [3.63, 3.8) is 0 Å². The van der Waals surface area contributed by atoms with Gasteiger partial charge in [-0.2, -0.15) is 13.2 Å². The molecule has 0 aliphatic carbocycles. The Balaban J connectivity index is 1.76. The Morgan fingerprint density at radius 3 is 2.29 bits per heavy atom. The average molecular weight is 250 g/mol. The number of nitrogens with zero attached hydrogens (tertiary/aromatic N) is 1. The number of hydrogen-bond acceptors (Lipinski definition) is 2. The summed E-state index contributed by atoms with van der Waals surface area (Å²) >= 11 is 0. The minimum absolute atomic E-state index is 0.0668. The molecule has 0 aromatic heterocycles. The van der Waals surface area contributed by atoms with E-state index in [1.165, 1.54) is 19.3 Å². The van der Waals surface area contributed by atoms with Crippen LogP contribution < -0.4 is 5.32 Å². The topological polar surface area (TPSA) is 15.3 Å². The summed E-state index contributed by atoms with van der Waals surface area (Å²) in [6.45, 7) is 0.0668. The van der Waals surface area contributed by atoms with E-state index in [4.69, 9.17) is 0 Å². The second kappa shape index (κ2) is 5.14. The van der Waals surface area contributed by atoms with Crippen molar-refractivity contribution in [3.05, 3.63) is 0 Å². The highest BCUT2D eigenvalue weighted by atomic mass is 19.4. The zero-order valence-corrected chi connectivity index (χ0v) is 10.3. The Kier molecular flexibility index (Phi) is 3.98. The summed E-state index contributed by atoms with van der Waals surface area (Å²) in [4.78, 5) is 2.42. The Bertz CT molecular complexity index is 241. The van der Waals surface area contributed by atoms with E-state index in [-0.39, 0.29) is 12.6 Å². The van der Waals surface area contributed by atoms with Gasteiger partial charge in [-0.25, -0.2) is 0 Å². The first kappa shape index (κ1) is 13.1. The summed E-state index contributed by atoms with van der Waals surface area (Å²) < 4.78 is 36.2. The van der Waals surface area contributed by atoms with Gasteiger partial charge in [0.1, 0.15) is 0 Å². The molecule has 0 radical (unpaired) electrons. The maximum absolute atomic E-state index is 12.1. The van der Waals surface area contributed by atoms with E-state index >= 15 is 0 Å². The molecule has 2 saturated heterocycles. The summed E-state index contributed by atoms with van der Waals surface area (Å²) in [6, 6.07) is 1.43. The van der Waals surface area contributed by atoms with Crippen molar-refractivity contribution in [2.24, 2.45) is 0 Å². The normalized spacial score (nSPS) is 34.9. The first-order chi connectivity index (χ1) is 7.96. The summed E-state index contributed by atoms with van der Waals surface area (Å²) in [5.74, 6) is 0. The third-order valence-electron chi connectivity index (χ3n) is 4.18. The van der Waals surface area contributed by atoms with Crippen molar-refractivity contribution in [2.45, 2.75) is 62.8 Å². The van der Waals surface area contributed by atoms with Gasteiger partial charge < -0.3 is 10.2 Å². The molecule has 2 nitrogen and oxygen atoms in total. The summed E-state index contributed by atoms with van der Waals surface area (Å²) in [6.07, 6.45) is 0.933. The van der Waals surface area contributed by atoms with Crippen molar-refractivity contribution in [1.29, 1.82) is 0 Å². The first-order valence-corrected chi connectivity index (χ1v) is 6.48. The maximum atomic E-state index is 12.1. The van der Waals surface area contributed by atoms with E-state index in [1.54, 1.807) is 0 Å². The largest absolute Gasteiger partial charge is 0.390 e. The zero-order valence-electron chi connectivity index (χ0n) is 10.3. The molecule has 2 aliphatic heterocycles. The van der Waals surface area contributed by atoms with Crippen molar-refractivity contribution in [1.82, 2.24) is 10.2 Å². The SMILES string of the molecule is CN1C2CCCC1CC(NCCC(F)(F)F)C2. The Morgan fingerprint density at radius 2 is 1.76 bits per heavy atom. The van der Waals surface area contributed by atoms with Crippen LogP contribution in [-0.2, 0) is 0 Å². The molecule has 2 bridgehead atoms. The summed E-state index contributed by atoms with van der Waals surface area (Å²) in [7, 11) is 2.15. The van der Waals surface area contributed by atoms with Gasteiger partial charge >= 0.3 is 6.18 Å². The maximum Gasteiger partial charge on any atom is 0.390 e. The summed E-state index contributed by atoms with van der Waals surface area (Å²) in [5, 5.41) is 3.08. The summed E-state index contributed by atoms with van der Waals surface area (Å²) in [5.41, 5.74) is 0. The van der Waals surface area contributed by atoms with Crippen molar-refractivity contribution in [2.75, 3.05) is 13.6 Å². The van der Waals surface area contributed by atoms with Crippen molar-refractivity contribution >= 4 is 0 Å². The van der Waals surface area contributed by atoms with E-state index in [2.05, 4.69) is 17.3 Å². The van der Waals surface area contributed by atoms with Crippen LogP contribution in [-0.4, -0.2) is 42.8 Å². The molecule has 0 aromatic rings. The van der Waals surface area contributed by atoms with Crippen molar-refractivity contribution in [3.8, 4) is 0 Å². The third-order valence-corrected chi connectivity index (χ3v) is 4.18. The number of nitrogens with one attached hydrogen (secondary N) is 1. The van der Waals surface area contributed by atoms with Gasteiger partial charge in [-0.3, -0.25) is 0 Å². The lowest BCUT2D eigenvalue weighted by Crippen LogP contribution is -2.54. The molecule has 5 heteroatoms. The number of piperidine rings is 2. The van der Waals surface area contributed by atoms with Gasteiger partial charge in [0.05, 0.1) is 6.42 Å². The third kappa shape index (κ3) is 3.58. The van der Waals surface area contributed by atoms with Crippen LogP contribution in [0, 0.1) is 0 Å². The molecule has 2 rings (SSSR count). The van der Waals surface area contributed by atoms with E-state index in [1.807, 2.05) is 0 Å². The Hall–Kier alpha value is -0.290. The highest BCUT2D eigenvalue weighted by molar-refractivity contribution is 4.93. The molecule has 0 saturated carbocycles. The fourth-order valence-corrected chi connectivity index (χ4v) is 3.20. The molecule has 0 aromatic carbocycles. The molecule has 2 aliphatic rings. The molecular weight excluding hydrogens is 229 g/mol.